The standard InChI is InChI=1S/C15H22N2O/c16-17-15(11-4-2-1-3-5-11)13-6-7-14-12(10-13)8-9-18-14/h6-7,10-11,15,17H,1-5,8-9,16H2. The van der Waals surface area contributed by atoms with Crippen molar-refractivity contribution in [3.8, 4) is 5.75 Å². The summed E-state index contributed by atoms with van der Waals surface area (Å²) in [5, 5.41) is 0. The van der Waals surface area contributed by atoms with E-state index < -0.39 is 0 Å². The van der Waals surface area contributed by atoms with E-state index in [1.54, 1.807) is 0 Å². The molecule has 0 saturated heterocycles. The van der Waals surface area contributed by atoms with Gasteiger partial charge < -0.3 is 4.74 Å². The molecule has 0 radical (unpaired) electrons. The molecule has 3 nitrogen and oxygen atoms in total. The number of hydrazine groups is 1. The van der Waals surface area contributed by atoms with Crippen molar-refractivity contribution in [2.24, 2.45) is 11.8 Å². The number of rotatable bonds is 3. The van der Waals surface area contributed by atoms with Crippen LogP contribution in [0, 0.1) is 5.92 Å². The number of nitrogens with one attached hydrogen (secondary N) is 1. The highest BCUT2D eigenvalue weighted by molar-refractivity contribution is 5.41. The van der Waals surface area contributed by atoms with Gasteiger partial charge in [-0.05, 0) is 36.0 Å². The highest BCUT2D eigenvalue weighted by Crippen LogP contribution is 2.36. The molecule has 98 valence electrons. The second-order valence-electron chi connectivity index (χ2n) is 5.51. The summed E-state index contributed by atoms with van der Waals surface area (Å²) in [6, 6.07) is 6.85. The molecular formula is C15H22N2O. The SMILES string of the molecule is NNC(c1ccc2c(c1)CCO2)C1CCCCC1. The fourth-order valence-electron chi connectivity index (χ4n) is 3.37. The van der Waals surface area contributed by atoms with Gasteiger partial charge in [0.05, 0.1) is 6.61 Å². The van der Waals surface area contributed by atoms with Crippen LogP contribution in [0.3, 0.4) is 0 Å². The molecule has 0 aromatic heterocycles. The van der Waals surface area contributed by atoms with Crippen molar-refractivity contribution in [3.05, 3.63) is 29.3 Å². The second kappa shape index (κ2) is 5.29. The van der Waals surface area contributed by atoms with Crippen molar-refractivity contribution in [1.82, 2.24) is 5.43 Å². The number of benzene rings is 1. The van der Waals surface area contributed by atoms with E-state index in [-0.39, 0.29) is 0 Å². The van der Waals surface area contributed by atoms with Gasteiger partial charge in [0.1, 0.15) is 5.75 Å². The number of nitrogens with two attached hydrogens (primary N) is 1. The van der Waals surface area contributed by atoms with E-state index in [0.29, 0.717) is 12.0 Å². The van der Waals surface area contributed by atoms with Crippen LogP contribution in [0.5, 0.6) is 5.75 Å². The third kappa shape index (κ3) is 2.25. The molecule has 1 unspecified atom stereocenters. The summed E-state index contributed by atoms with van der Waals surface area (Å²) in [5.41, 5.74) is 5.70. The van der Waals surface area contributed by atoms with E-state index in [2.05, 4.69) is 23.6 Å². The average molecular weight is 246 g/mol. The molecule has 0 amide bonds. The Labute approximate surface area is 109 Å². The molecule has 0 spiro atoms. The van der Waals surface area contributed by atoms with E-state index in [0.717, 1.165) is 18.8 Å². The number of hydrogen-bond acceptors (Lipinski definition) is 3. The highest BCUT2D eigenvalue weighted by atomic mass is 16.5. The van der Waals surface area contributed by atoms with Gasteiger partial charge in [0, 0.05) is 12.5 Å². The molecule has 1 fully saturated rings. The Kier molecular flexibility index (Phi) is 3.52. The van der Waals surface area contributed by atoms with Gasteiger partial charge in [-0.15, -0.1) is 0 Å². The Balaban J connectivity index is 1.82. The van der Waals surface area contributed by atoms with Gasteiger partial charge in [-0.2, -0.15) is 0 Å². The Hall–Kier alpha value is -1.06. The van der Waals surface area contributed by atoms with E-state index in [4.69, 9.17) is 10.6 Å². The van der Waals surface area contributed by atoms with Crippen LogP contribution in [0.1, 0.15) is 49.3 Å². The van der Waals surface area contributed by atoms with Crippen molar-refractivity contribution in [1.29, 1.82) is 0 Å². The molecular weight excluding hydrogens is 224 g/mol. The van der Waals surface area contributed by atoms with Crippen molar-refractivity contribution < 1.29 is 4.74 Å². The molecule has 1 atom stereocenters. The Morgan fingerprint density at radius 1 is 1.22 bits per heavy atom. The minimum Gasteiger partial charge on any atom is -0.493 e. The fourth-order valence-corrected chi connectivity index (χ4v) is 3.37. The highest BCUT2D eigenvalue weighted by Gasteiger charge is 2.25. The molecule has 18 heavy (non-hydrogen) atoms. The maximum atomic E-state index is 5.80. The molecule has 0 bridgehead atoms. The predicted molar refractivity (Wildman–Crippen MR) is 72.3 cm³/mol. The maximum absolute atomic E-state index is 5.80. The maximum Gasteiger partial charge on any atom is 0.122 e. The normalized spacial score (nSPS) is 21.4. The predicted octanol–water partition coefficient (Wildman–Crippen LogP) is 2.71. The van der Waals surface area contributed by atoms with Crippen LogP contribution in [0.2, 0.25) is 0 Å². The lowest BCUT2D eigenvalue weighted by Crippen LogP contribution is -2.34. The van der Waals surface area contributed by atoms with E-state index in [9.17, 15) is 0 Å². The third-order valence-electron chi connectivity index (χ3n) is 4.37. The number of hydrogen-bond donors (Lipinski definition) is 2. The zero-order valence-corrected chi connectivity index (χ0v) is 10.8. The fraction of sp³-hybridized carbons (Fsp3) is 0.600. The number of fused-ring (bicyclic) bond motifs is 1. The summed E-state index contributed by atoms with van der Waals surface area (Å²) < 4.78 is 5.56. The van der Waals surface area contributed by atoms with Gasteiger partial charge in [0.2, 0.25) is 0 Å². The first kappa shape index (κ1) is 12.0. The Morgan fingerprint density at radius 2 is 2.06 bits per heavy atom. The first-order valence-corrected chi connectivity index (χ1v) is 7.10. The summed E-state index contributed by atoms with van der Waals surface area (Å²) in [4.78, 5) is 0. The monoisotopic (exact) mass is 246 g/mol. The summed E-state index contributed by atoms with van der Waals surface area (Å²) in [6.45, 7) is 0.822. The van der Waals surface area contributed by atoms with Gasteiger partial charge in [0.15, 0.2) is 0 Å². The van der Waals surface area contributed by atoms with Crippen LogP contribution in [0.25, 0.3) is 0 Å². The summed E-state index contributed by atoms with van der Waals surface area (Å²) in [5.74, 6) is 7.54. The molecule has 3 N–H and O–H groups in total. The molecule has 3 heteroatoms. The molecule has 1 aromatic carbocycles. The van der Waals surface area contributed by atoms with Gasteiger partial charge in [0.25, 0.3) is 0 Å². The zero-order chi connectivity index (χ0) is 12.4. The minimum absolute atomic E-state index is 0.302. The topological polar surface area (TPSA) is 47.3 Å². The van der Waals surface area contributed by atoms with Crippen LogP contribution in [0.15, 0.2) is 18.2 Å². The van der Waals surface area contributed by atoms with Crippen LogP contribution in [-0.2, 0) is 6.42 Å². The van der Waals surface area contributed by atoms with Crippen molar-refractivity contribution in [2.45, 2.75) is 44.6 Å². The summed E-state index contributed by atoms with van der Waals surface area (Å²) in [6.07, 6.45) is 7.69. The lowest BCUT2D eigenvalue weighted by atomic mass is 9.81. The van der Waals surface area contributed by atoms with Crippen LogP contribution < -0.4 is 16.0 Å². The molecule has 1 aromatic rings. The molecule has 1 aliphatic heterocycles. The first-order chi connectivity index (χ1) is 8.88. The van der Waals surface area contributed by atoms with Crippen molar-refractivity contribution in [2.75, 3.05) is 6.61 Å². The Morgan fingerprint density at radius 3 is 2.83 bits per heavy atom. The van der Waals surface area contributed by atoms with Crippen molar-refractivity contribution >= 4 is 0 Å². The zero-order valence-electron chi connectivity index (χ0n) is 10.8. The van der Waals surface area contributed by atoms with Gasteiger partial charge in [-0.3, -0.25) is 11.3 Å². The van der Waals surface area contributed by atoms with E-state index in [1.165, 1.54) is 43.2 Å². The van der Waals surface area contributed by atoms with E-state index in [1.807, 2.05) is 0 Å². The van der Waals surface area contributed by atoms with E-state index >= 15 is 0 Å². The van der Waals surface area contributed by atoms with Crippen molar-refractivity contribution in [3.63, 3.8) is 0 Å². The number of ether oxygens (including phenoxy) is 1. The smallest absolute Gasteiger partial charge is 0.122 e. The van der Waals surface area contributed by atoms with Crippen LogP contribution >= 0.6 is 0 Å². The second-order valence-corrected chi connectivity index (χ2v) is 5.51. The Bertz CT molecular complexity index is 413. The summed E-state index contributed by atoms with van der Waals surface area (Å²) in [7, 11) is 0. The third-order valence-corrected chi connectivity index (χ3v) is 4.37. The van der Waals surface area contributed by atoms with Gasteiger partial charge in [-0.25, -0.2) is 0 Å². The molecule has 1 heterocycles. The minimum atomic E-state index is 0.302. The van der Waals surface area contributed by atoms with Crippen LogP contribution in [0.4, 0.5) is 0 Å². The van der Waals surface area contributed by atoms with Gasteiger partial charge in [-0.1, -0.05) is 31.4 Å². The quantitative estimate of drug-likeness (QED) is 0.637. The molecule has 3 rings (SSSR count). The van der Waals surface area contributed by atoms with Crippen LogP contribution in [-0.4, -0.2) is 6.61 Å². The summed E-state index contributed by atoms with van der Waals surface area (Å²) >= 11 is 0. The molecule has 1 aliphatic carbocycles. The molecule has 2 aliphatic rings. The van der Waals surface area contributed by atoms with Gasteiger partial charge >= 0.3 is 0 Å². The lowest BCUT2D eigenvalue weighted by molar-refractivity contribution is 0.273. The first-order valence-electron chi connectivity index (χ1n) is 7.10. The lowest BCUT2D eigenvalue weighted by Gasteiger charge is -2.30. The largest absolute Gasteiger partial charge is 0.493 e. The average Bonchev–Trinajstić information content (AvgIpc) is 2.88. The molecule has 1 saturated carbocycles.